The average Bonchev–Trinajstić information content (AvgIpc) is 2.58. The summed E-state index contributed by atoms with van der Waals surface area (Å²) in [6.07, 6.45) is -1.64. The monoisotopic (exact) mass is 404 g/mol. The fourth-order valence-electron chi connectivity index (χ4n) is 3.53. The highest BCUT2D eigenvalue weighted by atomic mass is 32.2. The predicted octanol–water partition coefficient (Wildman–Crippen LogP) is 2.61. The van der Waals surface area contributed by atoms with E-state index in [1.54, 1.807) is 4.90 Å². The molecule has 2 fully saturated rings. The van der Waals surface area contributed by atoms with Gasteiger partial charge < -0.3 is 10.2 Å². The summed E-state index contributed by atoms with van der Waals surface area (Å²) in [5.74, 6) is 0.0555. The zero-order chi connectivity index (χ0) is 19.7. The summed E-state index contributed by atoms with van der Waals surface area (Å²) in [5, 5.41) is 2.49. The quantitative estimate of drug-likeness (QED) is 0.819. The Morgan fingerprint density at radius 2 is 1.81 bits per heavy atom. The van der Waals surface area contributed by atoms with Crippen molar-refractivity contribution >= 4 is 15.7 Å². The summed E-state index contributed by atoms with van der Waals surface area (Å²) < 4.78 is 64.0. The van der Waals surface area contributed by atoms with Crippen LogP contribution < -0.4 is 5.32 Å². The second kappa shape index (κ2) is 7.79. The van der Waals surface area contributed by atoms with Gasteiger partial charge in [0.15, 0.2) is 9.84 Å². The van der Waals surface area contributed by atoms with E-state index >= 15 is 0 Å². The zero-order valence-corrected chi connectivity index (χ0v) is 15.7. The first-order valence-electron chi connectivity index (χ1n) is 9.10. The lowest BCUT2D eigenvalue weighted by molar-refractivity contribution is -0.137. The van der Waals surface area contributed by atoms with Crippen LogP contribution >= 0.6 is 0 Å². The molecule has 1 saturated heterocycles. The lowest BCUT2D eigenvalue weighted by atomic mass is 9.95. The third-order valence-electron chi connectivity index (χ3n) is 5.35. The largest absolute Gasteiger partial charge is 0.416 e. The number of sulfone groups is 1. The number of nitrogens with one attached hydrogen (secondary N) is 1. The molecule has 150 valence electrons. The number of benzene rings is 1. The van der Waals surface area contributed by atoms with Gasteiger partial charge in [-0.2, -0.15) is 13.2 Å². The van der Waals surface area contributed by atoms with Crippen molar-refractivity contribution in [2.24, 2.45) is 0 Å². The number of likely N-dealkylation sites (tertiary alicyclic amines) is 1. The van der Waals surface area contributed by atoms with E-state index < -0.39 is 26.8 Å². The number of carbonyl (C=O) groups is 1. The minimum Gasteiger partial charge on any atom is -0.341 e. The van der Waals surface area contributed by atoms with Crippen molar-refractivity contribution in [1.29, 1.82) is 0 Å². The second-order valence-corrected chi connectivity index (χ2v) is 9.39. The third-order valence-corrected chi connectivity index (χ3v) is 7.61. The molecule has 0 bridgehead atoms. The van der Waals surface area contributed by atoms with Crippen LogP contribution in [0.4, 0.5) is 13.2 Å². The molecular formula is C18H23F3N2O3S. The summed E-state index contributed by atoms with van der Waals surface area (Å²) in [5.41, 5.74) is -0.955. The number of nitrogens with zero attached hydrogens (tertiary/aromatic N) is 1. The van der Waals surface area contributed by atoms with Crippen LogP contribution in [-0.2, 0) is 20.8 Å². The van der Waals surface area contributed by atoms with Gasteiger partial charge in [-0.15, -0.1) is 0 Å². The first-order chi connectivity index (χ1) is 12.7. The Morgan fingerprint density at radius 1 is 1.15 bits per heavy atom. The van der Waals surface area contributed by atoms with Gasteiger partial charge in [-0.05, 0) is 50.3 Å². The first-order valence-corrected chi connectivity index (χ1v) is 10.6. The molecule has 9 heteroatoms. The van der Waals surface area contributed by atoms with Crippen LogP contribution in [-0.4, -0.2) is 50.2 Å². The number of halogens is 3. The molecule has 27 heavy (non-hydrogen) atoms. The van der Waals surface area contributed by atoms with Gasteiger partial charge in [-0.3, -0.25) is 4.79 Å². The maximum atomic E-state index is 12.9. The van der Waals surface area contributed by atoms with E-state index in [1.165, 1.54) is 6.07 Å². The van der Waals surface area contributed by atoms with Gasteiger partial charge in [0.2, 0.25) is 5.91 Å². The Kier molecular flexibility index (Phi) is 5.81. The molecule has 0 atom stereocenters. The minimum atomic E-state index is -4.57. The molecule has 1 aromatic rings. The van der Waals surface area contributed by atoms with E-state index in [0.29, 0.717) is 31.7 Å². The Bertz CT molecular complexity index is 783. The number of alkyl halides is 3. The van der Waals surface area contributed by atoms with Crippen molar-refractivity contribution in [2.75, 3.05) is 19.6 Å². The molecule has 3 rings (SSSR count). The van der Waals surface area contributed by atoms with Gasteiger partial charge >= 0.3 is 6.18 Å². The van der Waals surface area contributed by atoms with Gasteiger partial charge in [-0.1, -0.05) is 6.07 Å². The lowest BCUT2D eigenvalue weighted by Crippen LogP contribution is -2.48. The molecule has 1 aliphatic heterocycles. The SMILES string of the molecule is O=C(CN[C@H]1CC[C@@H](S(=O)(=O)c2cccc(C(F)(F)F)c2)CC1)N1CCC1. The molecule has 0 spiro atoms. The summed E-state index contributed by atoms with van der Waals surface area (Å²) in [4.78, 5) is 13.4. The van der Waals surface area contributed by atoms with E-state index in [0.717, 1.165) is 31.6 Å². The number of hydrogen-bond donors (Lipinski definition) is 1. The van der Waals surface area contributed by atoms with Crippen LogP contribution in [0.3, 0.4) is 0 Å². The third kappa shape index (κ3) is 4.63. The van der Waals surface area contributed by atoms with E-state index in [9.17, 15) is 26.4 Å². The van der Waals surface area contributed by atoms with Crippen molar-refractivity contribution in [3.8, 4) is 0 Å². The van der Waals surface area contributed by atoms with Crippen LogP contribution in [0.15, 0.2) is 29.2 Å². The number of amides is 1. The molecule has 5 nitrogen and oxygen atoms in total. The summed E-state index contributed by atoms with van der Waals surface area (Å²) in [7, 11) is -3.81. The Hall–Kier alpha value is -1.61. The molecular weight excluding hydrogens is 381 g/mol. The van der Waals surface area contributed by atoms with Crippen molar-refractivity contribution in [3.05, 3.63) is 29.8 Å². The maximum absolute atomic E-state index is 12.9. The molecule has 0 unspecified atom stereocenters. The predicted molar refractivity (Wildman–Crippen MR) is 93.9 cm³/mol. The van der Waals surface area contributed by atoms with E-state index in [2.05, 4.69) is 5.32 Å². The van der Waals surface area contributed by atoms with E-state index in [4.69, 9.17) is 0 Å². The molecule has 2 aliphatic rings. The van der Waals surface area contributed by atoms with Crippen LogP contribution in [0.1, 0.15) is 37.7 Å². The highest BCUT2D eigenvalue weighted by Crippen LogP contribution is 2.33. The Labute approximate surface area is 156 Å². The summed E-state index contributed by atoms with van der Waals surface area (Å²) in [6, 6.07) is 3.99. The smallest absolute Gasteiger partial charge is 0.341 e. The molecule has 0 aromatic heterocycles. The topological polar surface area (TPSA) is 66.5 Å². The van der Waals surface area contributed by atoms with Crippen LogP contribution in [0.25, 0.3) is 0 Å². The minimum absolute atomic E-state index is 0.0555. The van der Waals surface area contributed by atoms with Crippen LogP contribution in [0.5, 0.6) is 0 Å². The van der Waals surface area contributed by atoms with Gasteiger partial charge in [0.1, 0.15) is 0 Å². The normalized spacial score (nSPS) is 23.7. The Morgan fingerprint density at radius 3 is 2.37 bits per heavy atom. The lowest BCUT2D eigenvalue weighted by Gasteiger charge is -2.33. The molecule has 1 N–H and O–H groups in total. The van der Waals surface area contributed by atoms with Gasteiger partial charge in [-0.25, -0.2) is 8.42 Å². The van der Waals surface area contributed by atoms with Crippen molar-refractivity contribution in [1.82, 2.24) is 10.2 Å². The number of rotatable bonds is 5. The molecule has 1 saturated carbocycles. The van der Waals surface area contributed by atoms with Crippen LogP contribution in [0.2, 0.25) is 0 Å². The first kappa shape index (κ1) is 20.1. The van der Waals surface area contributed by atoms with Gasteiger partial charge in [0.25, 0.3) is 0 Å². The molecule has 1 aliphatic carbocycles. The van der Waals surface area contributed by atoms with Gasteiger partial charge in [0, 0.05) is 19.1 Å². The Balaban J connectivity index is 1.57. The van der Waals surface area contributed by atoms with Crippen molar-refractivity contribution in [2.45, 2.75) is 54.5 Å². The fourth-order valence-corrected chi connectivity index (χ4v) is 5.37. The highest BCUT2D eigenvalue weighted by Gasteiger charge is 2.35. The zero-order valence-electron chi connectivity index (χ0n) is 14.8. The van der Waals surface area contributed by atoms with E-state index in [1.807, 2.05) is 0 Å². The molecule has 1 amide bonds. The van der Waals surface area contributed by atoms with Gasteiger partial charge in [0.05, 0.1) is 22.3 Å². The van der Waals surface area contributed by atoms with Crippen LogP contribution in [0, 0.1) is 0 Å². The maximum Gasteiger partial charge on any atom is 0.416 e. The highest BCUT2D eigenvalue weighted by molar-refractivity contribution is 7.92. The number of hydrogen-bond acceptors (Lipinski definition) is 4. The molecule has 1 aromatic carbocycles. The van der Waals surface area contributed by atoms with Crippen molar-refractivity contribution < 1.29 is 26.4 Å². The molecule has 1 heterocycles. The molecule has 0 radical (unpaired) electrons. The van der Waals surface area contributed by atoms with E-state index in [-0.39, 0.29) is 23.4 Å². The standard InChI is InChI=1S/C18H23F3N2O3S/c19-18(20,21)13-3-1-4-16(11-13)27(25,26)15-7-5-14(6-8-15)22-12-17(24)23-9-2-10-23/h1,3-4,11,14-15,22H,2,5-10,12H2/t14-,15+. The summed E-state index contributed by atoms with van der Waals surface area (Å²) in [6.45, 7) is 1.83. The van der Waals surface area contributed by atoms with Crippen molar-refractivity contribution in [3.63, 3.8) is 0 Å². The average molecular weight is 404 g/mol. The number of carbonyl (C=O) groups excluding carboxylic acids is 1. The fraction of sp³-hybridized carbons (Fsp3) is 0.611. The summed E-state index contributed by atoms with van der Waals surface area (Å²) >= 11 is 0. The second-order valence-electron chi connectivity index (χ2n) is 7.16.